The first-order chi connectivity index (χ1) is 9.65. The van der Waals surface area contributed by atoms with Crippen molar-refractivity contribution in [1.82, 2.24) is 4.90 Å². The number of para-hydroxylation sites is 1. The fourth-order valence-corrected chi connectivity index (χ4v) is 3.20. The van der Waals surface area contributed by atoms with Crippen molar-refractivity contribution in [2.45, 2.75) is 38.3 Å². The summed E-state index contributed by atoms with van der Waals surface area (Å²) < 4.78 is 0. The maximum absolute atomic E-state index is 12.4. The Balaban J connectivity index is 1.75. The number of aliphatic hydroxyl groups is 1. The summed E-state index contributed by atoms with van der Waals surface area (Å²) in [5.74, 6) is 0.397. The predicted molar refractivity (Wildman–Crippen MR) is 78.5 cm³/mol. The standard InChI is InChI=1S/C16H22N2O2/c1-11-8-9-18(10-15(11)19)14-7-6-12-4-2-3-5-13(12)17-16(14)20/h2-5,11,14-15,19H,6-10H2,1H3,(H,17,20). The molecule has 3 rings (SSSR count). The molecule has 0 aliphatic carbocycles. The zero-order chi connectivity index (χ0) is 14.1. The number of piperidine rings is 1. The number of aryl methyl sites for hydroxylation is 1. The Morgan fingerprint density at radius 1 is 1.30 bits per heavy atom. The highest BCUT2D eigenvalue weighted by Gasteiger charge is 2.33. The molecule has 0 saturated carbocycles. The van der Waals surface area contributed by atoms with Gasteiger partial charge < -0.3 is 10.4 Å². The van der Waals surface area contributed by atoms with Crippen LogP contribution >= 0.6 is 0 Å². The van der Waals surface area contributed by atoms with Crippen molar-refractivity contribution >= 4 is 11.6 Å². The van der Waals surface area contributed by atoms with Gasteiger partial charge in [0.15, 0.2) is 0 Å². The van der Waals surface area contributed by atoms with Gasteiger partial charge in [-0.1, -0.05) is 25.1 Å². The van der Waals surface area contributed by atoms with Gasteiger partial charge in [-0.25, -0.2) is 0 Å². The summed E-state index contributed by atoms with van der Waals surface area (Å²) in [5.41, 5.74) is 2.14. The van der Waals surface area contributed by atoms with Crippen LogP contribution < -0.4 is 5.32 Å². The number of carbonyl (C=O) groups excluding carboxylic acids is 1. The van der Waals surface area contributed by atoms with E-state index >= 15 is 0 Å². The van der Waals surface area contributed by atoms with E-state index in [2.05, 4.69) is 23.2 Å². The van der Waals surface area contributed by atoms with Crippen LogP contribution in [0.5, 0.6) is 0 Å². The molecule has 2 heterocycles. The monoisotopic (exact) mass is 274 g/mol. The number of likely N-dealkylation sites (tertiary alicyclic amines) is 1. The predicted octanol–water partition coefficient (Wildman–Crippen LogP) is 1.64. The zero-order valence-corrected chi connectivity index (χ0v) is 11.9. The molecule has 108 valence electrons. The number of nitrogens with one attached hydrogen (secondary N) is 1. The van der Waals surface area contributed by atoms with E-state index in [0.29, 0.717) is 12.5 Å². The smallest absolute Gasteiger partial charge is 0.241 e. The molecule has 20 heavy (non-hydrogen) atoms. The summed E-state index contributed by atoms with van der Waals surface area (Å²) in [7, 11) is 0. The quantitative estimate of drug-likeness (QED) is 0.818. The highest BCUT2D eigenvalue weighted by molar-refractivity contribution is 5.96. The first-order valence-corrected chi connectivity index (χ1v) is 7.46. The number of β-amino-alcohol motifs (C(OH)–C–C–N with tert-alkyl or cyclic N) is 1. The number of rotatable bonds is 1. The van der Waals surface area contributed by atoms with Crippen molar-refractivity contribution < 1.29 is 9.90 Å². The SMILES string of the molecule is CC1CCN(C2CCc3ccccc3NC2=O)CC1O. The van der Waals surface area contributed by atoms with Crippen molar-refractivity contribution in [2.75, 3.05) is 18.4 Å². The molecule has 1 saturated heterocycles. The molecule has 0 spiro atoms. The first kappa shape index (κ1) is 13.6. The lowest BCUT2D eigenvalue weighted by Gasteiger charge is -2.38. The van der Waals surface area contributed by atoms with Crippen LogP contribution in [0.1, 0.15) is 25.3 Å². The molecule has 3 unspecified atom stereocenters. The molecule has 1 fully saturated rings. The Morgan fingerprint density at radius 2 is 2.10 bits per heavy atom. The van der Waals surface area contributed by atoms with Crippen LogP contribution in [-0.2, 0) is 11.2 Å². The van der Waals surface area contributed by atoms with Gasteiger partial charge in [0, 0.05) is 12.2 Å². The Morgan fingerprint density at radius 3 is 2.90 bits per heavy atom. The van der Waals surface area contributed by atoms with Crippen LogP contribution in [0.25, 0.3) is 0 Å². The highest BCUT2D eigenvalue weighted by Crippen LogP contribution is 2.26. The van der Waals surface area contributed by atoms with Crippen molar-refractivity contribution in [3.05, 3.63) is 29.8 Å². The fraction of sp³-hybridized carbons (Fsp3) is 0.562. The number of hydrogen-bond donors (Lipinski definition) is 2. The second-order valence-electron chi connectivity index (χ2n) is 6.03. The minimum absolute atomic E-state index is 0.0664. The van der Waals surface area contributed by atoms with E-state index in [0.717, 1.165) is 31.5 Å². The molecule has 2 aliphatic rings. The third-order valence-electron chi connectivity index (χ3n) is 4.66. The molecule has 0 aromatic heterocycles. The van der Waals surface area contributed by atoms with E-state index < -0.39 is 0 Å². The third-order valence-corrected chi connectivity index (χ3v) is 4.66. The fourth-order valence-electron chi connectivity index (χ4n) is 3.20. The van der Waals surface area contributed by atoms with Gasteiger partial charge in [0.2, 0.25) is 5.91 Å². The molecule has 1 aromatic carbocycles. The first-order valence-electron chi connectivity index (χ1n) is 7.46. The van der Waals surface area contributed by atoms with Gasteiger partial charge in [-0.15, -0.1) is 0 Å². The molecule has 2 aliphatic heterocycles. The Kier molecular flexibility index (Phi) is 3.76. The van der Waals surface area contributed by atoms with Crippen LogP contribution in [0.4, 0.5) is 5.69 Å². The van der Waals surface area contributed by atoms with E-state index in [1.807, 2.05) is 18.2 Å². The van der Waals surface area contributed by atoms with Gasteiger partial charge in [0.05, 0.1) is 12.1 Å². The molecule has 0 radical (unpaired) electrons. The Hall–Kier alpha value is -1.39. The van der Waals surface area contributed by atoms with Gasteiger partial charge in [0.1, 0.15) is 0 Å². The number of hydrogen-bond acceptors (Lipinski definition) is 3. The maximum atomic E-state index is 12.4. The van der Waals surface area contributed by atoms with Gasteiger partial charge in [-0.2, -0.15) is 0 Å². The van der Waals surface area contributed by atoms with E-state index in [-0.39, 0.29) is 18.1 Å². The van der Waals surface area contributed by atoms with Crippen molar-refractivity contribution in [3.63, 3.8) is 0 Å². The number of nitrogens with zero attached hydrogens (tertiary/aromatic N) is 1. The van der Waals surface area contributed by atoms with E-state index in [1.165, 1.54) is 5.56 Å². The molecule has 0 bridgehead atoms. The Bertz CT molecular complexity index is 503. The van der Waals surface area contributed by atoms with Crippen LogP contribution in [0, 0.1) is 5.92 Å². The topological polar surface area (TPSA) is 52.6 Å². The average molecular weight is 274 g/mol. The summed E-state index contributed by atoms with van der Waals surface area (Å²) in [6, 6.07) is 7.88. The number of fused-ring (bicyclic) bond motifs is 1. The lowest BCUT2D eigenvalue weighted by Crippen LogP contribution is -2.51. The van der Waals surface area contributed by atoms with Gasteiger partial charge in [-0.3, -0.25) is 9.69 Å². The maximum Gasteiger partial charge on any atom is 0.241 e. The van der Waals surface area contributed by atoms with Crippen LogP contribution in [0.15, 0.2) is 24.3 Å². The van der Waals surface area contributed by atoms with Gasteiger partial charge >= 0.3 is 0 Å². The lowest BCUT2D eigenvalue weighted by molar-refractivity contribution is -0.123. The number of benzene rings is 1. The molecule has 2 N–H and O–H groups in total. The molecular weight excluding hydrogens is 252 g/mol. The summed E-state index contributed by atoms with van der Waals surface area (Å²) in [6.45, 7) is 3.58. The van der Waals surface area contributed by atoms with Gasteiger partial charge in [-0.05, 0) is 43.4 Å². The van der Waals surface area contributed by atoms with Crippen molar-refractivity contribution in [3.8, 4) is 0 Å². The summed E-state index contributed by atoms with van der Waals surface area (Å²) >= 11 is 0. The largest absolute Gasteiger partial charge is 0.392 e. The summed E-state index contributed by atoms with van der Waals surface area (Å²) in [6.07, 6.45) is 2.37. The Labute approximate surface area is 119 Å². The van der Waals surface area contributed by atoms with E-state index in [1.54, 1.807) is 0 Å². The zero-order valence-electron chi connectivity index (χ0n) is 11.9. The molecular formula is C16H22N2O2. The normalized spacial score (nSPS) is 31.3. The number of amides is 1. The second kappa shape index (κ2) is 5.54. The minimum atomic E-state index is -0.317. The van der Waals surface area contributed by atoms with Gasteiger partial charge in [0.25, 0.3) is 0 Å². The van der Waals surface area contributed by atoms with Crippen molar-refractivity contribution in [1.29, 1.82) is 0 Å². The lowest BCUT2D eigenvalue weighted by atomic mass is 9.94. The van der Waals surface area contributed by atoms with E-state index in [4.69, 9.17) is 0 Å². The van der Waals surface area contributed by atoms with Crippen LogP contribution in [-0.4, -0.2) is 41.1 Å². The van der Waals surface area contributed by atoms with Crippen LogP contribution in [0.2, 0.25) is 0 Å². The van der Waals surface area contributed by atoms with Crippen molar-refractivity contribution in [2.24, 2.45) is 5.92 Å². The highest BCUT2D eigenvalue weighted by atomic mass is 16.3. The van der Waals surface area contributed by atoms with E-state index in [9.17, 15) is 9.90 Å². The second-order valence-corrected chi connectivity index (χ2v) is 6.03. The minimum Gasteiger partial charge on any atom is -0.392 e. The molecule has 4 heteroatoms. The third kappa shape index (κ3) is 2.58. The molecule has 4 nitrogen and oxygen atoms in total. The average Bonchev–Trinajstić information content (AvgIpc) is 2.60. The van der Waals surface area contributed by atoms with Crippen LogP contribution in [0.3, 0.4) is 0 Å². The molecule has 3 atom stereocenters. The number of carbonyl (C=O) groups is 1. The molecule has 1 aromatic rings. The summed E-state index contributed by atoms with van der Waals surface area (Å²) in [4.78, 5) is 14.6. The number of anilines is 1. The molecule has 1 amide bonds. The summed E-state index contributed by atoms with van der Waals surface area (Å²) in [5, 5.41) is 13.1. The number of aliphatic hydroxyl groups excluding tert-OH is 1.